The maximum Gasteiger partial charge on any atom is 0.259 e. The van der Waals surface area contributed by atoms with E-state index in [0.29, 0.717) is 22.9 Å². The average molecular weight is 436 g/mol. The molecule has 0 aliphatic carbocycles. The van der Waals surface area contributed by atoms with Gasteiger partial charge in [0.05, 0.1) is 16.8 Å². The molecule has 31 heavy (non-hydrogen) atoms. The van der Waals surface area contributed by atoms with Gasteiger partial charge in [0.15, 0.2) is 11.3 Å². The van der Waals surface area contributed by atoms with Gasteiger partial charge in [-0.25, -0.2) is 4.98 Å². The molecule has 1 N–H and O–H groups in total. The highest BCUT2D eigenvalue weighted by Gasteiger charge is 2.30. The van der Waals surface area contributed by atoms with Crippen molar-refractivity contribution < 1.29 is 4.79 Å². The molecule has 1 amide bonds. The number of rotatable bonds is 4. The Hall–Kier alpha value is -3.10. The zero-order valence-corrected chi connectivity index (χ0v) is 17.7. The Balaban J connectivity index is 1.48. The number of nitrogens with zero attached hydrogens (tertiary/aromatic N) is 6. The van der Waals surface area contributed by atoms with Crippen LogP contribution in [0.3, 0.4) is 0 Å². The van der Waals surface area contributed by atoms with Crippen LogP contribution in [0.5, 0.6) is 0 Å². The Bertz CT molecular complexity index is 1220. The summed E-state index contributed by atoms with van der Waals surface area (Å²) in [4.78, 5) is 24.2. The number of piperidine rings is 1. The summed E-state index contributed by atoms with van der Waals surface area (Å²) in [6.45, 7) is 2.39. The predicted molar refractivity (Wildman–Crippen MR) is 118 cm³/mol. The average Bonchev–Trinajstić information content (AvgIpc) is 3.25. The van der Waals surface area contributed by atoms with Crippen LogP contribution in [0, 0.1) is 0 Å². The lowest BCUT2D eigenvalue weighted by Gasteiger charge is -2.34. The molecule has 1 aromatic carbocycles. The van der Waals surface area contributed by atoms with Crippen molar-refractivity contribution in [3.05, 3.63) is 64.0 Å². The van der Waals surface area contributed by atoms with Crippen LogP contribution < -0.4 is 21.1 Å². The fraction of sp³-hybridized carbons (Fsp3) is 0.318. The molecule has 0 unspecified atom stereocenters. The maximum absolute atomic E-state index is 13.6. The molecule has 5 rings (SSSR count). The number of carbonyl (C=O) groups is 1. The number of fused-ring (bicyclic) bond motifs is 1. The number of aromatic nitrogens is 4. The van der Waals surface area contributed by atoms with Gasteiger partial charge >= 0.3 is 0 Å². The van der Waals surface area contributed by atoms with E-state index in [1.165, 1.54) is 0 Å². The highest BCUT2D eigenvalue weighted by atomic mass is 35.5. The summed E-state index contributed by atoms with van der Waals surface area (Å²) in [7, 11) is 0. The molecule has 2 aliphatic heterocycles. The Morgan fingerprint density at radius 1 is 1.23 bits per heavy atom. The van der Waals surface area contributed by atoms with Crippen molar-refractivity contribution in [2.24, 2.45) is 4.99 Å². The van der Waals surface area contributed by atoms with E-state index in [1.54, 1.807) is 40.0 Å². The first-order valence-electron chi connectivity index (χ1n) is 10.4. The monoisotopic (exact) mass is 435 g/mol. The van der Waals surface area contributed by atoms with Gasteiger partial charge in [-0.3, -0.25) is 14.7 Å². The molecule has 0 bridgehead atoms. The summed E-state index contributed by atoms with van der Waals surface area (Å²) in [6, 6.07) is 10.9. The van der Waals surface area contributed by atoms with Crippen LogP contribution in [0.15, 0.2) is 47.6 Å². The van der Waals surface area contributed by atoms with E-state index < -0.39 is 0 Å². The van der Waals surface area contributed by atoms with Crippen molar-refractivity contribution in [3.63, 3.8) is 0 Å². The minimum atomic E-state index is -0.125. The van der Waals surface area contributed by atoms with Crippen LogP contribution in [-0.2, 0) is 0 Å². The number of pyridine rings is 1. The molecule has 0 spiro atoms. The minimum Gasteiger partial charge on any atom is -0.315 e. The fourth-order valence-corrected chi connectivity index (χ4v) is 4.25. The molecule has 0 saturated carbocycles. The van der Waals surface area contributed by atoms with E-state index in [-0.39, 0.29) is 11.9 Å². The lowest BCUT2D eigenvalue weighted by molar-refractivity contribution is 0.0971. The van der Waals surface area contributed by atoms with Crippen LogP contribution in [0.25, 0.3) is 11.8 Å². The highest BCUT2D eigenvalue weighted by Crippen LogP contribution is 2.28. The van der Waals surface area contributed by atoms with Gasteiger partial charge in [0, 0.05) is 24.8 Å². The van der Waals surface area contributed by atoms with Gasteiger partial charge < -0.3 is 5.32 Å². The van der Waals surface area contributed by atoms with E-state index in [9.17, 15) is 4.79 Å². The molecule has 0 radical (unpaired) electrons. The maximum atomic E-state index is 13.6. The molecule has 9 heteroatoms. The predicted octanol–water partition coefficient (Wildman–Crippen LogP) is 1.52. The molecule has 1 saturated heterocycles. The molecular weight excluding hydrogens is 414 g/mol. The number of nitrogens with one attached hydrogen (secondary N) is 1. The second kappa shape index (κ2) is 8.56. The number of carbonyl (C=O) groups excluding carboxylic acids is 1. The third-order valence-electron chi connectivity index (χ3n) is 5.58. The lowest BCUT2D eigenvalue weighted by Crippen LogP contribution is -2.49. The highest BCUT2D eigenvalue weighted by molar-refractivity contribution is 6.33. The van der Waals surface area contributed by atoms with E-state index in [4.69, 9.17) is 11.6 Å². The molecule has 4 heterocycles. The summed E-state index contributed by atoms with van der Waals surface area (Å²) in [6.07, 6.45) is 6.47. The standard InChI is InChI=1S/C22H22ClN7O/c23-18-5-2-12-25-20(18)29(17-4-1-11-24-14-17)22(31)15-7-9-16(10-8-15)30-21-19(27-28-30)6-3-13-26-21/h2,5-10,12,17,24H,1,3-4,11,13-14H2/t17-/m1/s1. The van der Waals surface area contributed by atoms with Crippen LogP contribution in [0.4, 0.5) is 5.82 Å². The van der Waals surface area contributed by atoms with Gasteiger partial charge in [0.25, 0.3) is 5.91 Å². The Labute approximate surface area is 184 Å². The first kappa shape index (κ1) is 19.8. The summed E-state index contributed by atoms with van der Waals surface area (Å²) < 4.78 is 1.71. The van der Waals surface area contributed by atoms with E-state index in [1.807, 2.05) is 18.2 Å². The van der Waals surface area contributed by atoms with Gasteiger partial charge in [0.2, 0.25) is 0 Å². The molecule has 8 nitrogen and oxygen atoms in total. The smallest absolute Gasteiger partial charge is 0.259 e. The quantitative estimate of drug-likeness (QED) is 0.671. The van der Waals surface area contributed by atoms with Crippen molar-refractivity contribution in [2.45, 2.75) is 25.3 Å². The Kier molecular flexibility index (Phi) is 5.48. The summed E-state index contributed by atoms with van der Waals surface area (Å²) in [5.41, 5.74) is 2.13. The van der Waals surface area contributed by atoms with Crippen molar-refractivity contribution in [2.75, 3.05) is 24.5 Å². The van der Waals surface area contributed by atoms with Gasteiger partial charge in [-0.1, -0.05) is 22.9 Å². The van der Waals surface area contributed by atoms with Crippen molar-refractivity contribution in [1.82, 2.24) is 25.3 Å². The van der Waals surface area contributed by atoms with Crippen LogP contribution in [0.2, 0.25) is 5.02 Å². The van der Waals surface area contributed by atoms with Crippen LogP contribution in [0.1, 0.15) is 29.6 Å². The number of benzene rings is 1. The van der Waals surface area contributed by atoms with Gasteiger partial charge in [0.1, 0.15) is 5.35 Å². The zero-order chi connectivity index (χ0) is 21.2. The third-order valence-corrected chi connectivity index (χ3v) is 5.88. The van der Waals surface area contributed by atoms with Gasteiger partial charge in [-0.05, 0) is 62.2 Å². The SMILES string of the molecule is O=C(c1ccc(-n2nnc3c2=NCCC=3)cc1)N(c1ncccc1Cl)[C@@H]1CCCNC1. The zero-order valence-electron chi connectivity index (χ0n) is 16.9. The third kappa shape index (κ3) is 3.84. The Morgan fingerprint density at radius 2 is 2.10 bits per heavy atom. The molecule has 158 valence electrons. The number of hydrogen-bond acceptors (Lipinski definition) is 6. The number of amides is 1. The van der Waals surface area contributed by atoms with Crippen molar-refractivity contribution in [3.8, 4) is 5.69 Å². The summed E-state index contributed by atoms with van der Waals surface area (Å²) in [5.74, 6) is 0.367. The normalized spacial score (nSPS) is 17.9. The van der Waals surface area contributed by atoms with Crippen LogP contribution in [-0.4, -0.2) is 51.6 Å². The molecule has 1 fully saturated rings. The van der Waals surface area contributed by atoms with Crippen molar-refractivity contribution >= 4 is 29.4 Å². The molecule has 2 aromatic heterocycles. The first-order valence-corrected chi connectivity index (χ1v) is 10.8. The molecule has 1 atom stereocenters. The number of hydrogen-bond donors (Lipinski definition) is 1. The van der Waals surface area contributed by atoms with E-state index in [2.05, 4.69) is 25.6 Å². The second-order valence-corrected chi connectivity index (χ2v) is 8.02. The van der Waals surface area contributed by atoms with Crippen molar-refractivity contribution in [1.29, 1.82) is 0 Å². The number of anilines is 1. The fourth-order valence-electron chi connectivity index (χ4n) is 4.04. The largest absolute Gasteiger partial charge is 0.315 e. The van der Waals surface area contributed by atoms with Crippen LogP contribution >= 0.6 is 11.6 Å². The lowest BCUT2D eigenvalue weighted by atomic mass is 10.0. The second-order valence-electron chi connectivity index (χ2n) is 7.62. The minimum absolute atomic E-state index is 0.00926. The first-order chi connectivity index (χ1) is 15.2. The van der Waals surface area contributed by atoms with E-state index in [0.717, 1.165) is 48.9 Å². The molecular formula is C22H22ClN7O. The molecule has 2 aliphatic rings. The van der Waals surface area contributed by atoms with Gasteiger partial charge in [-0.15, -0.1) is 5.10 Å². The molecule has 3 aromatic rings. The topological polar surface area (TPSA) is 88.3 Å². The number of halogens is 1. The van der Waals surface area contributed by atoms with E-state index >= 15 is 0 Å². The summed E-state index contributed by atoms with van der Waals surface area (Å²) in [5, 5.41) is 13.0. The summed E-state index contributed by atoms with van der Waals surface area (Å²) >= 11 is 6.42. The van der Waals surface area contributed by atoms with Gasteiger partial charge in [-0.2, -0.15) is 4.68 Å². The Morgan fingerprint density at radius 3 is 2.87 bits per heavy atom.